The Hall–Kier alpha value is -1.72. The predicted molar refractivity (Wildman–Crippen MR) is 67.7 cm³/mol. The van der Waals surface area contributed by atoms with Gasteiger partial charge in [-0.3, -0.25) is 0 Å². The molecule has 0 fully saturated rings. The lowest BCUT2D eigenvalue weighted by Gasteiger charge is -2.02. The van der Waals surface area contributed by atoms with Crippen LogP contribution in [-0.2, 0) is 4.74 Å². The molecule has 7 heteroatoms. The standard InChI is InChI=1S/C11H8Cl2N2O3/c1-17-11(16)8-9(15-18-10(8)14)5-2-3-6(12)7(13)4-5/h2-4H,14H2,1H3. The largest absolute Gasteiger partial charge is 0.465 e. The first-order valence-corrected chi connectivity index (χ1v) is 5.59. The molecule has 0 saturated carbocycles. The first-order chi connectivity index (χ1) is 8.54. The molecule has 1 aromatic carbocycles. The average Bonchev–Trinajstić information content (AvgIpc) is 2.74. The summed E-state index contributed by atoms with van der Waals surface area (Å²) < 4.78 is 9.41. The lowest BCUT2D eigenvalue weighted by Crippen LogP contribution is -2.04. The normalized spacial score (nSPS) is 10.4. The molecule has 5 nitrogen and oxygen atoms in total. The summed E-state index contributed by atoms with van der Waals surface area (Å²) in [7, 11) is 1.24. The number of nitrogens with two attached hydrogens (primary N) is 1. The van der Waals surface area contributed by atoms with Gasteiger partial charge in [0.2, 0.25) is 5.88 Å². The van der Waals surface area contributed by atoms with Crippen molar-refractivity contribution >= 4 is 35.1 Å². The number of halogens is 2. The van der Waals surface area contributed by atoms with E-state index in [-0.39, 0.29) is 17.1 Å². The van der Waals surface area contributed by atoms with Crippen LogP contribution >= 0.6 is 23.2 Å². The Labute approximate surface area is 112 Å². The highest BCUT2D eigenvalue weighted by Gasteiger charge is 2.23. The highest BCUT2D eigenvalue weighted by Crippen LogP contribution is 2.32. The zero-order chi connectivity index (χ0) is 13.3. The van der Waals surface area contributed by atoms with Crippen molar-refractivity contribution in [2.24, 2.45) is 0 Å². The van der Waals surface area contributed by atoms with Gasteiger partial charge in [-0.05, 0) is 12.1 Å². The number of nitrogens with zero attached hydrogens (tertiary/aromatic N) is 1. The smallest absolute Gasteiger partial charge is 0.345 e. The van der Waals surface area contributed by atoms with Crippen LogP contribution in [0.5, 0.6) is 0 Å². The third-order valence-corrected chi connectivity index (χ3v) is 3.04. The van der Waals surface area contributed by atoms with Gasteiger partial charge in [0.25, 0.3) is 0 Å². The Bertz CT molecular complexity index is 610. The first kappa shape index (κ1) is 12.7. The summed E-state index contributed by atoms with van der Waals surface area (Å²) in [6, 6.07) is 4.80. The van der Waals surface area contributed by atoms with E-state index in [1.165, 1.54) is 7.11 Å². The topological polar surface area (TPSA) is 78.3 Å². The van der Waals surface area contributed by atoms with E-state index in [1.807, 2.05) is 0 Å². The van der Waals surface area contributed by atoms with E-state index < -0.39 is 5.97 Å². The Kier molecular flexibility index (Phi) is 3.45. The zero-order valence-corrected chi connectivity index (χ0v) is 10.7. The van der Waals surface area contributed by atoms with Crippen LogP contribution in [0.2, 0.25) is 10.0 Å². The van der Waals surface area contributed by atoms with Gasteiger partial charge in [-0.15, -0.1) is 0 Å². The monoisotopic (exact) mass is 286 g/mol. The van der Waals surface area contributed by atoms with Crippen LogP contribution in [0.1, 0.15) is 10.4 Å². The summed E-state index contributed by atoms with van der Waals surface area (Å²) in [6.45, 7) is 0. The number of anilines is 1. The summed E-state index contributed by atoms with van der Waals surface area (Å²) in [4.78, 5) is 11.6. The van der Waals surface area contributed by atoms with Crippen molar-refractivity contribution in [1.82, 2.24) is 5.16 Å². The minimum Gasteiger partial charge on any atom is -0.465 e. The zero-order valence-electron chi connectivity index (χ0n) is 9.24. The van der Waals surface area contributed by atoms with E-state index >= 15 is 0 Å². The van der Waals surface area contributed by atoms with Gasteiger partial charge in [-0.25, -0.2) is 4.79 Å². The van der Waals surface area contributed by atoms with Crippen molar-refractivity contribution in [1.29, 1.82) is 0 Å². The maximum Gasteiger partial charge on any atom is 0.345 e. The van der Waals surface area contributed by atoms with Gasteiger partial charge in [0.1, 0.15) is 5.69 Å². The fourth-order valence-electron chi connectivity index (χ4n) is 1.44. The first-order valence-electron chi connectivity index (χ1n) is 4.83. The maximum absolute atomic E-state index is 11.6. The number of nitrogen functional groups attached to an aromatic ring is 1. The lowest BCUT2D eigenvalue weighted by atomic mass is 10.1. The predicted octanol–water partition coefficient (Wildman–Crippen LogP) is 3.02. The van der Waals surface area contributed by atoms with Gasteiger partial charge in [-0.2, -0.15) is 0 Å². The Balaban J connectivity index is 2.57. The number of rotatable bonds is 2. The van der Waals surface area contributed by atoms with Gasteiger partial charge in [0.15, 0.2) is 5.56 Å². The molecule has 94 valence electrons. The molecule has 1 aromatic heterocycles. The Morgan fingerprint density at radius 1 is 1.39 bits per heavy atom. The molecule has 0 aliphatic carbocycles. The highest BCUT2D eigenvalue weighted by molar-refractivity contribution is 6.42. The van der Waals surface area contributed by atoms with Crippen LogP contribution in [0, 0.1) is 0 Å². The summed E-state index contributed by atoms with van der Waals surface area (Å²) in [5, 5.41) is 4.46. The number of carbonyl (C=O) groups is 1. The number of aromatic nitrogens is 1. The fourth-order valence-corrected chi connectivity index (χ4v) is 1.74. The van der Waals surface area contributed by atoms with Crippen LogP contribution in [-0.4, -0.2) is 18.2 Å². The Morgan fingerprint density at radius 2 is 2.11 bits per heavy atom. The molecule has 0 atom stereocenters. The van der Waals surface area contributed by atoms with E-state index in [2.05, 4.69) is 9.89 Å². The number of benzene rings is 1. The minimum atomic E-state index is -0.630. The summed E-state index contributed by atoms with van der Waals surface area (Å²) in [6.07, 6.45) is 0. The van der Waals surface area contributed by atoms with Crippen molar-refractivity contribution in [2.75, 3.05) is 12.8 Å². The second-order valence-electron chi connectivity index (χ2n) is 3.39. The molecule has 2 N–H and O–H groups in total. The summed E-state index contributed by atoms with van der Waals surface area (Å²) in [5.74, 6) is -0.738. The molecular weight excluding hydrogens is 279 g/mol. The molecule has 0 aliphatic heterocycles. The molecule has 0 aliphatic rings. The van der Waals surface area contributed by atoms with Gasteiger partial charge in [-0.1, -0.05) is 34.4 Å². The number of hydrogen-bond donors (Lipinski definition) is 1. The SMILES string of the molecule is COC(=O)c1c(-c2ccc(Cl)c(Cl)c2)noc1N. The van der Waals surface area contributed by atoms with Crippen molar-refractivity contribution in [3.8, 4) is 11.3 Å². The third-order valence-electron chi connectivity index (χ3n) is 2.30. The molecular formula is C11H8Cl2N2O3. The van der Waals surface area contributed by atoms with E-state index in [0.29, 0.717) is 15.6 Å². The van der Waals surface area contributed by atoms with E-state index in [0.717, 1.165) is 0 Å². The summed E-state index contributed by atoms with van der Waals surface area (Å²) in [5.41, 5.74) is 6.42. The molecule has 0 unspecified atom stereocenters. The quantitative estimate of drug-likeness (QED) is 0.859. The maximum atomic E-state index is 11.6. The van der Waals surface area contributed by atoms with Crippen LogP contribution in [0.4, 0.5) is 5.88 Å². The van der Waals surface area contributed by atoms with Crippen molar-refractivity contribution in [3.63, 3.8) is 0 Å². The van der Waals surface area contributed by atoms with E-state index in [9.17, 15) is 4.79 Å². The molecule has 2 rings (SSSR count). The van der Waals surface area contributed by atoms with Crippen LogP contribution in [0.15, 0.2) is 22.7 Å². The second-order valence-corrected chi connectivity index (χ2v) is 4.21. The Morgan fingerprint density at radius 3 is 2.72 bits per heavy atom. The lowest BCUT2D eigenvalue weighted by molar-refractivity contribution is 0.0602. The van der Waals surface area contributed by atoms with Crippen molar-refractivity contribution in [2.45, 2.75) is 0 Å². The molecule has 0 amide bonds. The number of methoxy groups -OCH3 is 1. The number of hydrogen-bond acceptors (Lipinski definition) is 5. The van der Waals surface area contributed by atoms with Crippen LogP contribution in [0.3, 0.4) is 0 Å². The van der Waals surface area contributed by atoms with E-state index in [1.54, 1.807) is 18.2 Å². The number of ether oxygens (including phenoxy) is 1. The fraction of sp³-hybridized carbons (Fsp3) is 0.0909. The van der Waals surface area contributed by atoms with Gasteiger partial charge in [0, 0.05) is 5.56 Å². The minimum absolute atomic E-state index is 0.0656. The van der Waals surface area contributed by atoms with Crippen LogP contribution < -0.4 is 5.73 Å². The molecule has 0 bridgehead atoms. The molecule has 2 aromatic rings. The average molecular weight is 287 g/mol. The molecule has 0 spiro atoms. The molecule has 0 radical (unpaired) electrons. The van der Waals surface area contributed by atoms with Crippen molar-refractivity contribution < 1.29 is 14.1 Å². The van der Waals surface area contributed by atoms with Crippen molar-refractivity contribution in [3.05, 3.63) is 33.8 Å². The van der Waals surface area contributed by atoms with Gasteiger partial charge in [0.05, 0.1) is 17.2 Å². The third kappa shape index (κ3) is 2.14. The molecule has 18 heavy (non-hydrogen) atoms. The molecule has 0 saturated heterocycles. The summed E-state index contributed by atoms with van der Waals surface area (Å²) >= 11 is 11.7. The number of carbonyl (C=O) groups excluding carboxylic acids is 1. The second kappa shape index (κ2) is 4.88. The van der Waals surface area contributed by atoms with Gasteiger partial charge >= 0.3 is 5.97 Å². The number of esters is 1. The van der Waals surface area contributed by atoms with Crippen LogP contribution in [0.25, 0.3) is 11.3 Å². The van der Waals surface area contributed by atoms with E-state index in [4.69, 9.17) is 33.5 Å². The highest BCUT2D eigenvalue weighted by atomic mass is 35.5. The molecule has 1 heterocycles. The van der Waals surface area contributed by atoms with Gasteiger partial charge < -0.3 is 15.0 Å².